The number of aromatic nitrogens is 3. The lowest BCUT2D eigenvalue weighted by molar-refractivity contribution is -0.118. The highest BCUT2D eigenvalue weighted by molar-refractivity contribution is 5.96. The molecule has 136 valence electrons. The molecule has 3 aromatic heterocycles. The van der Waals surface area contributed by atoms with E-state index in [1.54, 1.807) is 12.4 Å². The van der Waals surface area contributed by atoms with Crippen LogP contribution in [0.4, 0.5) is 5.82 Å². The highest BCUT2D eigenvalue weighted by Crippen LogP contribution is 2.57. The van der Waals surface area contributed by atoms with Crippen molar-refractivity contribution in [1.82, 2.24) is 15.0 Å². The number of carbonyl (C=O) groups is 1. The number of carbonyl (C=O) groups excluding carboxylic acids is 1. The number of amides is 1. The first-order valence-electron chi connectivity index (χ1n) is 9.61. The summed E-state index contributed by atoms with van der Waals surface area (Å²) in [5, 5.41) is 5.06. The minimum atomic E-state index is 0.130. The van der Waals surface area contributed by atoms with Crippen LogP contribution in [0.1, 0.15) is 30.5 Å². The van der Waals surface area contributed by atoms with Crippen LogP contribution in [0.15, 0.2) is 36.8 Å². The smallest absolute Gasteiger partial charge is 0.229 e. The SMILES string of the molecule is Cc1ccncc1-c1cc2cc(NC(=O)C3[C@H]4CCC[C@@H]34)ncc2c(C)n1. The van der Waals surface area contributed by atoms with Gasteiger partial charge in [-0.1, -0.05) is 6.42 Å². The van der Waals surface area contributed by atoms with E-state index in [1.165, 1.54) is 19.3 Å². The third kappa shape index (κ3) is 2.78. The van der Waals surface area contributed by atoms with Gasteiger partial charge in [-0.05, 0) is 67.7 Å². The van der Waals surface area contributed by atoms with E-state index in [1.807, 2.05) is 25.3 Å². The molecule has 2 fully saturated rings. The van der Waals surface area contributed by atoms with Crippen LogP contribution in [0.25, 0.3) is 22.0 Å². The van der Waals surface area contributed by atoms with Crippen molar-refractivity contribution in [2.75, 3.05) is 5.32 Å². The molecule has 0 radical (unpaired) electrons. The summed E-state index contributed by atoms with van der Waals surface area (Å²) in [5.74, 6) is 2.17. The number of nitrogens with zero attached hydrogens (tertiary/aromatic N) is 3. The van der Waals surface area contributed by atoms with Crippen LogP contribution < -0.4 is 5.32 Å². The van der Waals surface area contributed by atoms with Crippen molar-refractivity contribution in [2.45, 2.75) is 33.1 Å². The van der Waals surface area contributed by atoms with Crippen molar-refractivity contribution in [2.24, 2.45) is 17.8 Å². The summed E-state index contributed by atoms with van der Waals surface area (Å²) in [6, 6.07) is 5.99. The molecule has 2 aliphatic carbocycles. The maximum atomic E-state index is 12.6. The van der Waals surface area contributed by atoms with Gasteiger partial charge in [0.15, 0.2) is 0 Å². The Labute approximate surface area is 158 Å². The van der Waals surface area contributed by atoms with Crippen molar-refractivity contribution < 1.29 is 4.79 Å². The van der Waals surface area contributed by atoms with Crippen molar-refractivity contribution in [3.63, 3.8) is 0 Å². The number of hydrogen-bond donors (Lipinski definition) is 1. The number of rotatable bonds is 3. The molecule has 1 N–H and O–H groups in total. The number of fused-ring (bicyclic) bond motifs is 2. The van der Waals surface area contributed by atoms with Crippen LogP contribution in [-0.4, -0.2) is 20.9 Å². The maximum Gasteiger partial charge on any atom is 0.229 e. The Balaban J connectivity index is 1.47. The normalized spacial score (nSPS) is 23.3. The summed E-state index contributed by atoms with van der Waals surface area (Å²) in [6.07, 6.45) is 9.12. The van der Waals surface area contributed by atoms with Crippen molar-refractivity contribution in [3.05, 3.63) is 48.0 Å². The molecule has 0 saturated heterocycles. The van der Waals surface area contributed by atoms with Crippen LogP contribution in [0.2, 0.25) is 0 Å². The fraction of sp³-hybridized carbons (Fsp3) is 0.364. The number of aryl methyl sites for hydroxylation is 2. The first kappa shape index (κ1) is 16.4. The minimum absolute atomic E-state index is 0.130. The first-order chi connectivity index (χ1) is 13.1. The summed E-state index contributed by atoms with van der Waals surface area (Å²) in [4.78, 5) is 26.0. The molecular weight excluding hydrogens is 336 g/mol. The number of hydrogen-bond acceptors (Lipinski definition) is 4. The fourth-order valence-corrected chi connectivity index (χ4v) is 4.67. The Morgan fingerprint density at radius 2 is 1.96 bits per heavy atom. The summed E-state index contributed by atoms with van der Waals surface area (Å²) in [6.45, 7) is 4.05. The average molecular weight is 358 g/mol. The molecule has 0 spiro atoms. The van der Waals surface area contributed by atoms with Gasteiger partial charge < -0.3 is 5.32 Å². The van der Waals surface area contributed by atoms with Crippen molar-refractivity contribution in [3.8, 4) is 11.3 Å². The molecule has 2 aliphatic rings. The van der Waals surface area contributed by atoms with Gasteiger partial charge in [0.05, 0.1) is 5.69 Å². The van der Waals surface area contributed by atoms with Crippen molar-refractivity contribution >= 4 is 22.5 Å². The van der Waals surface area contributed by atoms with E-state index < -0.39 is 0 Å². The van der Waals surface area contributed by atoms with Gasteiger partial charge in [-0.15, -0.1) is 0 Å². The molecule has 3 heterocycles. The summed E-state index contributed by atoms with van der Waals surface area (Å²) >= 11 is 0. The zero-order chi connectivity index (χ0) is 18.5. The lowest BCUT2D eigenvalue weighted by Gasteiger charge is -2.10. The minimum Gasteiger partial charge on any atom is -0.310 e. The Kier molecular flexibility index (Phi) is 3.71. The molecule has 5 heteroatoms. The fourth-order valence-electron chi connectivity index (χ4n) is 4.67. The molecule has 2 saturated carbocycles. The van der Waals surface area contributed by atoms with Gasteiger partial charge in [-0.25, -0.2) is 4.98 Å². The lowest BCUT2D eigenvalue weighted by atomic mass is 10.0. The van der Waals surface area contributed by atoms with Gasteiger partial charge in [0, 0.05) is 41.2 Å². The second kappa shape index (κ2) is 6.12. The molecule has 1 amide bonds. The second-order valence-electron chi connectivity index (χ2n) is 7.85. The van der Waals surface area contributed by atoms with Gasteiger partial charge in [0.2, 0.25) is 5.91 Å². The van der Waals surface area contributed by atoms with Crippen LogP contribution >= 0.6 is 0 Å². The van der Waals surface area contributed by atoms with Gasteiger partial charge >= 0.3 is 0 Å². The molecule has 3 aromatic rings. The van der Waals surface area contributed by atoms with Crippen LogP contribution in [-0.2, 0) is 4.79 Å². The quantitative estimate of drug-likeness (QED) is 0.758. The van der Waals surface area contributed by atoms with E-state index in [2.05, 4.69) is 28.3 Å². The highest BCUT2D eigenvalue weighted by atomic mass is 16.2. The number of nitrogens with one attached hydrogen (secondary N) is 1. The van der Waals surface area contributed by atoms with Gasteiger partial charge in [-0.2, -0.15) is 0 Å². The largest absolute Gasteiger partial charge is 0.310 e. The maximum absolute atomic E-state index is 12.6. The van der Waals surface area contributed by atoms with Gasteiger partial charge in [-0.3, -0.25) is 14.8 Å². The van der Waals surface area contributed by atoms with E-state index in [9.17, 15) is 4.79 Å². The third-order valence-corrected chi connectivity index (χ3v) is 6.18. The molecule has 0 bridgehead atoms. The summed E-state index contributed by atoms with van der Waals surface area (Å²) in [5.41, 5.74) is 3.98. The second-order valence-corrected chi connectivity index (χ2v) is 7.85. The van der Waals surface area contributed by atoms with Crippen LogP contribution in [0.3, 0.4) is 0 Å². The Morgan fingerprint density at radius 1 is 1.15 bits per heavy atom. The molecule has 0 aromatic carbocycles. The van der Waals surface area contributed by atoms with E-state index in [0.29, 0.717) is 17.7 Å². The Morgan fingerprint density at radius 3 is 2.74 bits per heavy atom. The third-order valence-electron chi connectivity index (χ3n) is 6.18. The molecule has 0 aliphatic heterocycles. The standard InChI is InChI=1S/C22H22N4O/c1-12-6-7-23-10-17(12)19-8-14-9-20(24-11-18(14)13(2)25-19)26-22(27)21-15-4-3-5-16(15)21/h6-11,15-16,21H,3-5H2,1-2H3,(H,24,26,27)/t15-,16+,21?. The zero-order valence-corrected chi connectivity index (χ0v) is 15.6. The highest BCUT2D eigenvalue weighted by Gasteiger charge is 2.56. The average Bonchev–Trinajstić information content (AvgIpc) is 3.14. The first-order valence-corrected chi connectivity index (χ1v) is 9.61. The predicted molar refractivity (Wildman–Crippen MR) is 105 cm³/mol. The van der Waals surface area contributed by atoms with Crippen molar-refractivity contribution in [1.29, 1.82) is 0 Å². The lowest BCUT2D eigenvalue weighted by Crippen LogP contribution is -2.17. The topological polar surface area (TPSA) is 67.8 Å². The molecule has 5 rings (SSSR count). The monoisotopic (exact) mass is 358 g/mol. The molecule has 3 atom stereocenters. The molecular formula is C22H22N4O. The summed E-state index contributed by atoms with van der Waals surface area (Å²) < 4.78 is 0. The molecule has 1 unspecified atom stereocenters. The Bertz CT molecular complexity index is 1050. The number of pyridine rings is 3. The van der Waals surface area contributed by atoms with E-state index >= 15 is 0 Å². The summed E-state index contributed by atoms with van der Waals surface area (Å²) in [7, 11) is 0. The van der Waals surface area contributed by atoms with Crippen LogP contribution in [0, 0.1) is 31.6 Å². The van der Waals surface area contributed by atoms with E-state index in [-0.39, 0.29) is 11.8 Å². The molecule has 5 nitrogen and oxygen atoms in total. The van der Waals surface area contributed by atoms with Crippen LogP contribution in [0.5, 0.6) is 0 Å². The van der Waals surface area contributed by atoms with E-state index in [0.717, 1.165) is 33.3 Å². The number of anilines is 1. The predicted octanol–water partition coefficient (Wildman–Crippen LogP) is 4.29. The Hall–Kier alpha value is -2.82. The zero-order valence-electron chi connectivity index (χ0n) is 15.6. The van der Waals surface area contributed by atoms with E-state index in [4.69, 9.17) is 4.98 Å². The van der Waals surface area contributed by atoms with Gasteiger partial charge in [0.1, 0.15) is 5.82 Å². The molecule has 27 heavy (non-hydrogen) atoms. The van der Waals surface area contributed by atoms with Gasteiger partial charge in [0.25, 0.3) is 0 Å².